The van der Waals surface area contributed by atoms with Gasteiger partial charge in [0.2, 0.25) is 0 Å². The van der Waals surface area contributed by atoms with Gasteiger partial charge in [-0.2, -0.15) is 0 Å². The molecule has 23 heavy (non-hydrogen) atoms. The SMILES string of the molecule is OCC(O)COCCOCCCOCF.OCC(O)COCF. The monoisotopic (exact) mass is 350 g/mol. The minimum atomic E-state index is -0.953. The van der Waals surface area contributed by atoms with Gasteiger partial charge in [0.1, 0.15) is 12.2 Å². The first kappa shape index (κ1) is 24.8. The van der Waals surface area contributed by atoms with Crippen molar-refractivity contribution in [3.8, 4) is 0 Å². The number of hydrogen-bond acceptors (Lipinski definition) is 8. The smallest absolute Gasteiger partial charge is 0.188 e. The highest BCUT2D eigenvalue weighted by molar-refractivity contribution is 4.48. The Labute approximate surface area is 134 Å². The Morgan fingerprint density at radius 2 is 1.13 bits per heavy atom. The largest absolute Gasteiger partial charge is 0.394 e. The number of halogens is 2. The fraction of sp³-hybridized carbons (Fsp3) is 1.00. The minimum absolute atomic E-state index is 0.102. The lowest BCUT2D eigenvalue weighted by Crippen LogP contribution is -2.20. The molecule has 0 spiro atoms. The minimum Gasteiger partial charge on any atom is -0.394 e. The highest BCUT2D eigenvalue weighted by atomic mass is 19.1. The molecule has 2 unspecified atom stereocenters. The van der Waals surface area contributed by atoms with Crippen molar-refractivity contribution in [3.63, 3.8) is 0 Å². The van der Waals surface area contributed by atoms with Crippen LogP contribution in [0.1, 0.15) is 6.42 Å². The molecule has 0 amide bonds. The van der Waals surface area contributed by atoms with E-state index < -0.39 is 25.9 Å². The molecule has 2 atom stereocenters. The molecule has 142 valence electrons. The highest BCUT2D eigenvalue weighted by Crippen LogP contribution is 1.88. The first-order valence-electron chi connectivity index (χ1n) is 7.13. The predicted octanol–water partition coefficient (Wildman–Crippen LogP) is -1.01. The van der Waals surface area contributed by atoms with E-state index in [4.69, 9.17) is 29.9 Å². The molecule has 0 fully saturated rings. The summed E-state index contributed by atoms with van der Waals surface area (Å²) >= 11 is 0. The predicted molar refractivity (Wildman–Crippen MR) is 76.3 cm³/mol. The molecule has 0 aromatic heterocycles. The summed E-state index contributed by atoms with van der Waals surface area (Å²) < 4.78 is 41.2. The second-order valence-corrected chi connectivity index (χ2v) is 4.21. The summed E-state index contributed by atoms with van der Waals surface area (Å²) in [6, 6.07) is 0. The molecule has 0 aromatic carbocycles. The van der Waals surface area contributed by atoms with Crippen molar-refractivity contribution < 1.29 is 48.2 Å². The Morgan fingerprint density at radius 1 is 0.652 bits per heavy atom. The van der Waals surface area contributed by atoms with Crippen molar-refractivity contribution in [1.29, 1.82) is 0 Å². The van der Waals surface area contributed by atoms with E-state index >= 15 is 0 Å². The summed E-state index contributed by atoms with van der Waals surface area (Å²) in [5.41, 5.74) is 0. The van der Waals surface area contributed by atoms with Gasteiger partial charge in [0.15, 0.2) is 13.7 Å². The van der Waals surface area contributed by atoms with Gasteiger partial charge in [-0.3, -0.25) is 0 Å². The fourth-order valence-corrected chi connectivity index (χ4v) is 1.04. The first-order chi connectivity index (χ1) is 11.1. The normalized spacial score (nSPS) is 13.3. The molecule has 0 radical (unpaired) electrons. The van der Waals surface area contributed by atoms with Gasteiger partial charge in [0.25, 0.3) is 0 Å². The fourth-order valence-electron chi connectivity index (χ4n) is 1.04. The molecule has 0 saturated heterocycles. The molecule has 0 aliphatic heterocycles. The molecule has 0 aliphatic carbocycles. The topological polar surface area (TPSA) is 118 Å². The molecule has 0 heterocycles. The second-order valence-electron chi connectivity index (χ2n) is 4.21. The number of aliphatic hydroxyl groups excluding tert-OH is 4. The van der Waals surface area contributed by atoms with E-state index in [1.54, 1.807) is 0 Å². The third-order valence-corrected chi connectivity index (χ3v) is 2.15. The van der Waals surface area contributed by atoms with Crippen LogP contribution >= 0.6 is 0 Å². The van der Waals surface area contributed by atoms with E-state index in [1.165, 1.54) is 0 Å². The van der Waals surface area contributed by atoms with Gasteiger partial charge in [-0.15, -0.1) is 0 Å². The summed E-state index contributed by atoms with van der Waals surface area (Å²) in [6.07, 6.45) is -1.14. The summed E-state index contributed by atoms with van der Waals surface area (Å²) in [5, 5.41) is 33.9. The molecule has 0 aliphatic rings. The quantitative estimate of drug-likeness (QED) is 0.278. The number of rotatable bonds is 15. The van der Waals surface area contributed by atoms with Gasteiger partial charge in [-0.1, -0.05) is 0 Å². The molecular formula is C13H28F2O8. The van der Waals surface area contributed by atoms with Crippen molar-refractivity contribution in [3.05, 3.63) is 0 Å². The van der Waals surface area contributed by atoms with Gasteiger partial charge < -0.3 is 39.4 Å². The maximum atomic E-state index is 11.5. The van der Waals surface area contributed by atoms with Crippen LogP contribution in [0.2, 0.25) is 0 Å². The summed E-state index contributed by atoms with van der Waals surface area (Å²) in [4.78, 5) is 0. The van der Waals surface area contributed by atoms with Crippen LogP contribution in [0.25, 0.3) is 0 Å². The Balaban J connectivity index is 0. The van der Waals surface area contributed by atoms with Crippen LogP contribution in [0.5, 0.6) is 0 Å². The maximum Gasteiger partial charge on any atom is 0.188 e. The lowest BCUT2D eigenvalue weighted by atomic mass is 10.4. The lowest BCUT2D eigenvalue weighted by molar-refractivity contribution is -0.0230. The van der Waals surface area contributed by atoms with E-state index in [1.807, 2.05) is 0 Å². The van der Waals surface area contributed by atoms with Crippen molar-refractivity contribution >= 4 is 0 Å². The Kier molecular flexibility index (Phi) is 23.2. The second kappa shape index (κ2) is 21.5. The van der Waals surface area contributed by atoms with E-state index in [0.717, 1.165) is 0 Å². The average Bonchev–Trinajstić information content (AvgIpc) is 2.58. The van der Waals surface area contributed by atoms with Crippen LogP contribution < -0.4 is 0 Å². The molecule has 8 nitrogen and oxygen atoms in total. The zero-order valence-corrected chi connectivity index (χ0v) is 13.1. The van der Waals surface area contributed by atoms with Crippen LogP contribution in [0.4, 0.5) is 8.78 Å². The first-order valence-corrected chi connectivity index (χ1v) is 7.13. The average molecular weight is 350 g/mol. The van der Waals surface area contributed by atoms with Crippen molar-refractivity contribution in [2.75, 3.05) is 66.6 Å². The number of hydrogen-bond donors (Lipinski definition) is 4. The van der Waals surface area contributed by atoms with Gasteiger partial charge in [0.05, 0.1) is 46.2 Å². The zero-order chi connectivity index (χ0) is 17.8. The Hall–Kier alpha value is -0.460. The van der Waals surface area contributed by atoms with Crippen LogP contribution in [0, 0.1) is 0 Å². The number of ether oxygens (including phenoxy) is 4. The van der Waals surface area contributed by atoms with Crippen LogP contribution in [0.3, 0.4) is 0 Å². The number of alkyl halides is 2. The molecule has 0 bridgehead atoms. The van der Waals surface area contributed by atoms with Crippen molar-refractivity contribution in [2.24, 2.45) is 0 Å². The third-order valence-electron chi connectivity index (χ3n) is 2.15. The van der Waals surface area contributed by atoms with E-state index in [-0.39, 0.29) is 26.4 Å². The maximum absolute atomic E-state index is 11.5. The molecule has 4 N–H and O–H groups in total. The highest BCUT2D eigenvalue weighted by Gasteiger charge is 2.00. The molecular weight excluding hydrogens is 322 g/mol. The van der Waals surface area contributed by atoms with Gasteiger partial charge in [-0.25, -0.2) is 8.78 Å². The summed E-state index contributed by atoms with van der Waals surface area (Å²) in [7, 11) is 0. The number of aliphatic hydroxyl groups is 4. The Morgan fingerprint density at radius 3 is 1.65 bits per heavy atom. The molecule has 10 heteroatoms. The van der Waals surface area contributed by atoms with Crippen molar-refractivity contribution in [1.82, 2.24) is 0 Å². The van der Waals surface area contributed by atoms with E-state index in [0.29, 0.717) is 32.8 Å². The van der Waals surface area contributed by atoms with Crippen LogP contribution in [0.15, 0.2) is 0 Å². The molecule has 0 rings (SSSR count). The Bertz CT molecular complexity index is 214. The van der Waals surface area contributed by atoms with Crippen LogP contribution in [-0.2, 0) is 18.9 Å². The van der Waals surface area contributed by atoms with Crippen LogP contribution in [-0.4, -0.2) is 99.2 Å². The summed E-state index contributed by atoms with van der Waals surface area (Å²) in [6.45, 7) is -0.806. The molecule has 0 aromatic rings. The van der Waals surface area contributed by atoms with Gasteiger partial charge in [-0.05, 0) is 6.42 Å². The lowest BCUT2D eigenvalue weighted by Gasteiger charge is -2.08. The third kappa shape index (κ3) is 23.9. The van der Waals surface area contributed by atoms with E-state index in [2.05, 4.69) is 9.47 Å². The standard InChI is InChI=1S/C9H19FO5.C4H9FO3/c10-8-15-3-1-2-13-4-5-14-7-9(12)6-11;5-3-8-2-4(7)1-6/h9,11-12H,1-8H2;4,6-7H,1-3H2. The van der Waals surface area contributed by atoms with E-state index in [9.17, 15) is 8.78 Å². The zero-order valence-electron chi connectivity index (χ0n) is 13.1. The van der Waals surface area contributed by atoms with Gasteiger partial charge >= 0.3 is 0 Å². The summed E-state index contributed by atoms with van der Waals surface area (Å²) in [5.74, 6) is 0. The molecule has 0 saturated carbocycles. The van der Waals surface area contributed by atoms with Gasteiger partial charge in [0, 0.05) is 6.61 Å². The van der Waals surface area contributed by atoms with Crippen molar-refractivity contribution in [2.45, 2.75) is 18.6 Å².